The Bertz CT molecular complexity index is 358. The van der Waals surface area contributed by atoms with Crippen LogP contribution in [-0.4, -0.2) is 63.0 Å². The molecule has 0 aromatic carbocycles. The highest BCUT2D eigenvalue weighted by molar-refractivity contribution is 7.89. The third-order valence-corrected chi connectivity index (χ3v) is 4.49. The number of hydrogen-bond acceptors (Lipinski definition) is 6. The third kappa shape index (κ3) is 7.76. The van der Waals surface area contributed by atoms with Crippen LogP contribution < -0.4 is 5.32 Å². The van der Waals surface area contributed by atoms with Crippen molar-refractivity contribution >= 4 is 28.6 Å². The average Bonchev–Trinajstić information content (AvgIpc) is 2.35. The lowest BCUT2D eigenvalue weighted by Gasteiger charge is -2.19. The van der Waals surface area contributed by atoms with Gasteiger partial charge in [-0.15, -0.1) is 0 Å². The number of carbonyl (C=O) groups excluding carboxylic acids is 1. The summed E-state index contributed by atoms with van der Waals surface area (Å²) in [4.78, 5) is 11.5. The Morgan fingerprint density at radius 1 is 1.42 bits per heavy atom. The Labute approximate surface area is 121 Å². The van der Waals surface area contributed by atoms with E-state index in [-0.39, 0.29) is 5.75 Å². The highest BCUT2D eigenvalue weighted by Crippen LogP contribution is 2.06. The summed E-state index contributed by atoms with van der Waals surface area (Å²) >= 11 is 3.93. The predicted octanol–water partition coefficient (Wildman–Crippen LogP) is 0.109. The van der Waals surface area contributed by atoms with Crippen molar-refractivity contribution in [2.75, 3.05) is 39.1 Å². The molecule has 0 radical (unpaired) electrons. The van der Waals surface area contributed by atoms with E-state index in [1.54, 1.807) is 6.92 Å². The van der Waals surface area contributed by atoms with Gasteiger partial charge in [-0.2, -0.15) is 12.6 Å². The second-order valence-electron chi connectivity index (χ2n) is 4.12. The summed E-state index contributed by atoms with van der Waals surface area (Å²) in [6, 6.07) is 0. The zero-order chi connectivity index (χ0) is 14.9. The minimum atomic E-state index is -3.56. The summed E-state index contributed by atoms with van der Waals surface area (Å²) in [5.74, 6) is -0.617. The minimum Gasteiger partial charge on any atom is -0.380 e. The van der Waals surface area contributed by atoms with Gasteiger partial charge in [-0.25, -0.2) is 12.7 Å². The average molecular weight is 312 g/mol. The number of thiol groups is 1. The lowest BCUT2D eigenvalue weighted by Crippen LogP contribution is -2.38. The molecule has 0 aliphatic heterocycles. The Morgan fingerprint density at radius 2 is 2.05 bits per heavy atom. The first kappa shape index (κ1) is 18.7. The maximum atomic E-state index is 11.8. The molecule has 0 aromatic heterocycles. The van der Waals surface area contributed by atoms with Gasteiger partial charge in [0, 0.05) is 20.2 Å². The SMILES string of the molecule is CCNCCOCCCS(=O)(=O)N(C)C(=O)C(C)S. The molecule has 1 amide bonds. The molecule has 0 fully saturated rings. The van der Waals surface area contributed by atoms with Crippen LogP contribution in [0.15, 0.2) is 0 Å². The largest absolute Gasteiger partial charge is 0.380 e. The first-order valence-corrected chi connectivity index (χ1v) is 8.42. The third-order valence-electron chi connectivity index (χ3n) is 2.45. The fourth-order valence-electron chi connectivity index (χ4n) is 1.30. The maximum absolute atomic E-state index is 11.8. The highest BCUT2D eigenvalue weighted by Gasteiger charge is 2.25. The van der Waals surface area contributed by atoms with Crippen LogP contribution in [0.5, 0.6) is 0 Å². The van der Waals surface area contributed by atoms with Crippen molar-refractivity contribution in [3.63, 3.8) is 0 Å². The van der Waals surface area contributed by atoms with Crippen molar-refractivity contribution < 1.29 is 17.9 Å². The molecule has 0 saturated heterocycles. The van der Waals surface area contributed by atoms with Gasteiger partial charge in [0.1, 0.15) is 0 Å². The molecule has 114 valence electrons. The fourth-order valence-corrected chi connectivity index (χ4v) is 2.74. The summed E-state index contributed by atoms with van der Waals surface area (Å²) in [6.07, 6.45) is 0.368. The lowest BCUT2D eigenvalue weighted by molar-refractivity contribution is -0.124. The van der Waals surface area contributed by atoms with Gasteiger partial charge in [-0.3, -0.25) is 4.79 Å². The molecule has 1 unspecified atom stereocenters. The van der Waals surface area contributed by atoms with E-state index in [0.717, 1.165) is 17.4 Å². The van der Waals surface area contributed by atoms with Crippen molar-refractivity contribution in [1.29, 1.82) is 0 Å². The molecular formula is C11H24N2O4S2. The van der Waals surface area contributed by atoms with E-state index < -0.39 is 21.2 Å². The molecule has 0 saturated carbocycles. The predicted molar refractivity (Wildman–Crippen MR) is 79.0 cm³/mol. The first-order valence-electron chi connectivity index (χ1n) is 6.30. The second-order valence-corrected chi connectivity index (χ2v) is 7.01. The molecule has 0 aromatic rings. The number of hydrogen-bond donors (Lipinski definition) is 2. The Balaban J connectivity index is 3.95. The van der Waals surface area contributed by atoms with E-state index in [1.807, 2.05) is 6.92 Å². The van der Waals surface area contributed by atoms with Crippen LogP contribution in [0.1, 0.15) is 20.3 Å². The van der Waals surface area contributed by atoms with Crippen molar-refractivity contribution in [2.45, 2.75) is 25.5 Å². The van der Waals surface area contributed by atoms with E-state index in [1.165, 1.54) is 7.05 Å². The van der Waals surface area contributed by atoms with E-state index in [4.69, 9.17) is 4.74 Å². The fraction of sp³-hybridized carbons (Fsp3) is 0.909. The summed E-state index contributed by atoms with van der Waals surface area (Å²) in [6.45, 7) is 6.09. The van der Waals surface area contributed by atoms with Crippen LogP contribution >= 0.6 is 12.6 Å². The van der Waals surface area contributed by atoms with Crippen LogP contribution in [0.2, 0.25) is 0 Å². The monoisotopic (exact) mass is 312 g/mol. The van der Waals surface area contributed by atoms with Gasteiger partial charge in [0.2, 0.25) is 15.9 Å². The second kappa shape index (κ2) is 9.57. The number of amides is 1. The summed E-state index contributed by atoms with van der Waals surface area (Å²) in [7, 11) is -2.30. The van der Waals surface area contributed by atoms with E-state index in [2.05, 4.69) is 17.9 Å². The molecule has 0 aliphatic rings. The maximum Gasteiger partial charge on any atom is 0.248 e. The Hall–Kier alpha value is -0.310. The van der Waals surface area contributed by atoms with Crippen molar-refractivity contribution in [1.82, 2.24) is 9.62 Å². The topological polar surface area (TPSA) is 75.7 Å². The normalized spacial score (nSPS) is 13.3. The summed E-state index contributed by atoms with van der Waals surface area (Å²) in [5.41, 5.74) is 0. The zero-order valence-electron chi connectivity index (χ0n) is 11.8. The van der Waals surface area contributed by atoms with Gasteiger partial charge in [0.05, 0.1) is 17.6 Å². The first-order chi connectivity index (χ1) is 8.83. The molecule has 0 bridgehead atoms. The molecule has 1 atom stereocenters. The van der Waals surface area contributed by atoms with Crippen LogP contribution in [0.4, 0.5) is 0 Å². The van der Waals surface area contributed by atoms with Crippen molar-refractivity contribution in [3.8, 4) is 0 Å². The van der Waals surface area contributed by atoms with Gasteiger partial charge in [-0.05, 0) is 19.9 Å². The Morgan fingerprint density at radius 3 is 2.58 bits per heavy atom. The number of ether oxygens (including phenoxy) is 1. The number of nitrogens with one attached hydrogen (secondary N) is 1. The van der Waals surface area contributed by atoms with Crippen molar-refractivity contribution in [3.05, 3.63) is 0 Å². The molecule has 0 aliphatic carbocycles. The van der Waals surface area contributed by atoms with Gasteiger partial charge < -0.3 is 10.1 Å². The highest BCUT2D eigenvalue weighted by atomic mass is 32.2. The number of sulfonamides is 1. The van der Waals surface area contributed by atoms with Crippen molar-refractivity contribution in [2.24, 2.45) is 0 Å². The van der Waals surface area contributed by atoms with E-state index in [9.17, 15) is 13.2 Å². The van der Waals surface area contributed by atoms with Crippen LogP contribution in [0, 0.1) is 0 Å². The van der Waals surface area contributed by atoms with Crippen LogP contribution in [-0.2, 0) is 19.6 Å². The standard InChI is InChI=1S/C11H24N2O4S2/c1-4-12-6-8-17-7-5-9-19(15,16)13(3)11(14)10(2)18/h10,12,18H,4-9H2,1-3H3. The minimum absolute atomic E-state index is 0.100. The van der Waals surface area contributed by atoms with E-state index >= 15 is 0 Å². The summed E-state index contributed by atoms with van der Waals surface area (Å²) in [5, 5.41) is 2.47. The van der Waals surface area contributed by atoms with Gasteiger partial charge in [0.15, 0.2) is 0 Å². The number of rotatable bonds is 10. The van der Waals surface area contributed by atoms with Gasteiger partial charge in [-0.1, -0.05) is 6.92 Å². The van der Waals surface area contributed by atoms with Gasteiger partial charge in [0.25, 0.3) is 0 Å². The number of carbonyl (C=O) groups is 1. The summed E-state index contributed by atoms with van der Waals surface area (Å²) < 4.78 is 29.7. The quantitative estimate of drug-likeness (QED) is 0.442. The molecular weight excluding hydrogens is 288 g/mol. The molecule has 1 N–H and O–H groups in total. The van der Waals surface area contributed by atoms with Crippen LogP contribution in [0.3, 0.4) is 0 Å². The van der Waals surface area contributed by atoms with Gasteiger partial charge >= 0.3 is 0 Å². The molecule has 8 heteroatoms. The molecule has 6 nitrogen and oxygen atoms in total. The smallest absolute Gasteiger partial charge is 0.248 e. The Kier molecular flexibility index (Phi) is 9.42. The molecule has 0 spiro atoms. The number of nitrogens with zero attached hydrogens (tertiary/aromatic N) is 1. The molecule has 19 heavy (non-hydrogen) atoms. The van der Waals surface area contributed by atoms with Crippen LogP contribution in [0.25, 0.3) is 0 Å². The number of likely N-dealkylation sites (N-methyl/N-ethyl adjacent to an activating group) is 1. The molecule has 0 rings (SSSR count). The lowest BCUT2D eigenvalue weighted by atomic mass is 10.4. The van der Waals surface area contributed by atoms with E-state index in [0.29, 0.717) is 19.6 Å². The zero-order valence-corrected chi connectivity index (χ0v) is 13.5. The molecule has 0 heterocycles.